The predicted molar refractivity (Wildman–Crippen MR) is 52.3 cm³/mol. The van der Waals surface area contributed by atoms with Gasteiger partial charge >= 0.3 is 5.97 Å². The Labute approximate surface area is 87.9 Å². The summed E-state index contributed by atoms with van der Waals surface area (Å²) in [7, 11) is 1.57. The Balaban J connectivity index is 2.35. The molecule has 1 aliphatic heterocycles. The Morgan fingerprint density at radius 2 is 2.20 bits per heavy atom. The first-order chi connectivity index (χ1) is 7.00. The van der Waals surface area contributed by atoms with Crippen molar-refractivity contribution in [1.82, 2.24) is 10.2 Å². The van der Waals surface area contributed by atoms with Crippen molar-refractivity contribution < 1.29 is 19.8 Å². The number of nitrogens with one attached hydrogen (secondary N) is 1. The van der Waals surface area contributed by atoms with Gasteiger partial charge in [-0.1, -0.05) is 0 Å². The quantitative estimate of drug-likeness (QED) is 0.540. The van der Waals surface area contributed by atoms with Crippen molar-refractivity contribution in [2.24, 2.45) is 0 Å². The molecule has 0 aromatic heterocycles. The summed E-state index contributed by atoms with van der Waals surface area (Å²) in [5.74, 6) is -1.08. The maximum absolute atomic E-state index is 11.7. The van der Waals surface area contributed by atoms with Gasteiger partial charge in [-0.2, -0.15) is 0 Å². The number of carboxylic acid groups (broad SMARTS) is 1. The summed E-state index contributed by atoms with van der Waals surface area (Å²) in [6.07, 6.45) is -0.139. The number of hydrogen-bond donors (Lipinski definition) is 3. The van der Waals surface area contributed by atoms with Gasteiger partial charge < -0.3 is 20.4 Å². The molecule has 1 rings (SSSR count). The van der Waals surface area contributed by atoms with Crippen LogP contribution in [0.4, 0.5) is 0 Å². The normalized spacial score (nSPS) is 25.2. The van der Waals surface area contributed by atoms with Crippen molar-refractivity contribution in [2.45, 2.75) is 25.0 Å². The number of carboxylic acids is 1. The van der Waals surface area contributed by atoms with Gasteiger partial charge in [0.15, 0.2) is 0 Å². The molecule has 2 unspecified atom stereocenters. The molecule has 0 aromatic carbocycles. The van der Waals surface area contributed by atoms with E-state index in [1.807, 2.05) is 0 Å². The number of β-amino-alcohol motifs (C(OH)–C–C–N with tert-alkyl or cyclic N) is 1. The summed E-state index contributed by atoms with van der Waals surface area (Å²) < 4.78 is 0. The van der Waals surface area contributed by atoms with Crippen LogP contribution in [0.5, 0.6) is 0 Å². The lowest BCUT2D eigenvalue weighted by Gasteiger charge is -2.20. The molecule has 15 heavy (non-hydrogen) atoms. The molecular weight excluding hydrogens is 200 g/mol. The van der Waals surface area contributed by atoms with Crippen molar-refractivity contribution in [2.75, 3.05) is 20.1 Å². The highest BCUT2D eigenvalue weighted by Gasteiger charge is 2.29. The Bertz CT molecular complexity index is 256. The van der Waals surface area contributed by atoms with E-state index >= 15 is 0 Å². The van der Waals surface area contributed by atoms with Crippen molar-refractivity contribution >= 4 is 11.9 Å². The van der Waals surface area contributed by atoms with E-state index in [9.17, 15) is 14.7 Å². The molecule has 0 aliphatic carbocycles. The fraction of sp³-hybridized carbons (Fsp3) is 0.778. The van der Waals surface area contributed by atoms with Crippen molar-refractivity contribution in [1.29, 1.82) is 0 Å². The molecule has 6 heteroatoms. The summed E-state index contributed by atoms with van der Waals surface area (Å²) in [4.78, 5) is 23.3. The SMILES string of the molecule is CN(CCC(=O)O)C(=O)C1CC(O)CN1. The molecule has 1 amide bonds. The van der Waals surface area contributed by atoms with Crippen LogP contribution >= 0.6 is 0 Å². The minimum absolute atomic E-state index is 0.0580. The van der Waals surface area contributed by atoms with Crippen molar-refractivity contribution in [3.63, 3.8) is 0 Å². The molecule has 3 N–H and O–H groups in total. The van der Waals surface area contributed by atoms with Gasteiger partial charge in [0, 0.05) is 20.1 Å². The number of amides is 1. The number of hydrogen-bond acceptors (Lipinski definition) is 4. The van der Waals surface area contributed by atoms with E-state index in [4.69, 9.17) is 5.11 Å². The van der Waals surface area contributed by atoms with E-state index in [-0.39, 0.29) is 24.9 Å². The van der Waals surface area contributed by atoms with Gasteiger partial charge in [0.2, 0.25) is 5.91 Å². The summed E-state index contributed by atoms with van der Waals surface area (Å²) in [6, 6.07) is -0.376. The lowest BCUT2D eigenvalue weighted by atomic mass is 10.2. The summed E-state index contributed by atoms with van der Waals surface area (Å²) in [5.41, 5.74) is 0. The van der Waals surface area contributed by atoms with Crippen LogP contribution in [0.25, 0.3) is 0 Å². The third-order valence-corrected chi connectivity index (χ3v) is 2.44. The summed E-state index contributed by atoms with van der Waals surface area (Å²) >= 11 is 0. The number of carbonyl (C=O) groups excluding carboxylic acids is 1. The number of aliphatic carboxylic acids is 1. The first-order valence-corrected chi connectivity index (χ1v) is 4.89. The molecule has 1 fully saturated rings. The summed E-state index contributed by atoms with van der Waals surface area (Å²) in [5, 5.41) is 20.6. The van der Waals surface area contributed by atoms with Crippen LogP contribution in [-0.2, 0) is 9.59 Å². The summed E-state index contributed by atoms with van der Waals surface area (Å²) in [6.45, 7) is 0.617. The maximum Gasteiger partial charge on any atom is 0.305 e. The average molecular weight is 216 g/mol. The lowest BCUT2D eigenvalue weighted by molar-refractivity contribution is -0.138. The van der Waals surface area contributed by atoms with E-state index in [2.05, 4.69) is 5.32 Å². The second-order valence-electron chi connectivity index (χ2n) is 3.75. The van der Waals surface area contributed by atoms with Crippen molar-refractivity contribution in [3.05, 3.63) is 0 Å². The topological polar surface area (TPSA) is 89.9 Å². The van der Waals surface area contributed by atoms with Gasteiger partial charge in [0.05, 0.1) is 18.6 Å². The molecule has 1 saturated heterocycles. The molecular formula is C9H16N2O4. The standard InChI is InChI=1S/C9H16N2O4/c1-11(3-2-8(13)14)9(15)7-4-6(12)5-10-7/h6-7,10,12H,2-5H2,1H3,(H,13,14). The Morgan fingerprint density at radius 1 is 1.53 bits per heavy atom. The number of aliphatic hydroxyl groups is 1. The van der Waals surface area contributed by atoms with Crippen LogP contribution in [0, 0.1) is 0 Å². The zero-order chi connectivity index (χ0) is 11.4. The number of nitrogens with zero attached hydrogens (tertiary/aromatic N) is 1. The first kappa shape index (κ1) is 11.9. The van der Waals surface area contributed by atoms with Crippen LogP contribution < -0.4 is 5.32 Å². The van der Waals surface area contributed by atoms with Crippen LogP contribution in [0.3, 0.4) is 0 Å². The number of carbonyl (C=O) groups is 2. The molecule has 6 nitrogen and oxygen atoms in total. The van der Waals surface area contributed by atoms with Crippen LogP contribution in [0.1, 0.15) is 12.8 Å². The van der Waals surface area contributed by atoms with Gasteiger partial charge in [-0.05, 0) is 6.42 Å². The lowest BCUT2D eigenvalue weighted by Crippen LogP contribution is -2.42. The molecule has 0 saturated carbocycles. The molecule has 1 heterocycles. The van der Waals surface area contributed by atoms with Gasteiger partial charge in [0.1, 0.15) is 0 Å². The fourth-order valence-corrected chi connectivity index (χ4v) is 1.54. The van der Waals surface area contributed by atoms with Crippen LogP contribution in [-0.4, -0.2) is 59.3 Å². The zero-order valence-corrected chi connectivity index (χ0v) is 8.64. The number of rotatable bonds is 4. The van der Waals surface area contributed by atoms with E-state index < -0.39 is 12.1 Å². The van der Waals surface area contributed by atoms with Gasteiger partial charge in [-0.3, -0.25) is 9.59 Å². The smallest absolute Gasteiger partial charge is 0.305 e. The molecule has 1 aliphatic rings. The molecule has 86 valence electrons. The minimum Gasteiger partial charge on any atom is -0.481 e. The molecule has 0 aromatic rings. The average Bonchev–Trinajstić information content (AvgIpc) is 2.60. The Morgan fingerprint density at radius 3 is 2.67 bits per heavy atom. The Hall–Kier alpha value is -1.14. The highest BCUT2D eigenvalue weighted by molar-refractivity contribution is 5.82. The first-order valence-electron chi connectivity index (χ1n) is 4.89. The molecule has 0 bridgehead atoms. The zero-order valence-electron chi connectivity index (χ0n) is 8.64. The van der Waals surface area contributed by atoms with Gasteiger partial charge in [-0.25, -0.2) is 0 Å². The predicted octanol–water partition coefficient (Wildman–Crippen LogP) is -1.36. The number of likely N-dealkylation sites (N-methyl/N-ethyl adjacent to an activating group) is 1. The van der Waals surface area contributed by atoms with E-state index in [1.54, 1.807) is 7.05 Å². The third-order valence-electron chi connectivity index (χ3n) is 2.44. The van der Waals surface area contributed by atoms with Crippen molar-refractivity contribution in [3.8, 4) is 0 Å². The molecule has 2 atom stereocenters. The van der Waals surface area contributed by atoms with Gasteiger partial charge in [0.25, 0.3) is 0 Å². The highest BCUT2D eigenvalue weighted by Crippen LogP contribution is 2.08. The maximum atomic E-state index is 11.7. The van der Waals surface area contributed by atoms with E-state index in [1.165, 1.54) is 4.90 Å². The minimum atomic E-state index is -0.922. The largest absolute Gasteiger partial charge is 0.481 e. The van der Waals surface area contributed by atoms with E-state index in [0.29, 0.717) is 13.0 Å². The number of aliphatic hydroxyl groups excluding tert-OH is 1. The fourth-order valence-electron chi connectivity index (χ4n) is 1.54. The highest BCUT2D eigenvalue weighted by atomic mass is 16.4. The third kappa shape index (κ3) is 3.49. The Kier molecular flexibility index (Phi) is 4.05. The molecule has 0 radical (unpaired) electrons. The van der Waals surface area contributed by atoms with Crippen LogP contribution in [0.15, 0.2) is 0 Å². The second kappa shape index (κ2) is 5.09. The van der Waals surface area contributed by atoms with E-state index in [0.717, 1.165) is 0 Å². The molecule has 0 spiro atoms. The van der Waals surface area contributed by atoms with Crippen LogP contribution in [0.2, 0.25) is 0 Å². The monoisotopic (exact) mass is 216 g/mol. The van der Waals surface area contributed by atoms with Gasteiger partial charge in [-0.15, -0.1) is 0 Å². The second-order valence-corrected chi connectivity index (χ2v) is 3.75.